The summed E-state index contributed by atoms with van der Waals surface area (Å²) in [4.78, 5) is 6.77. The molecular weight excluding hydrogens is 443 g/mol. The lowest BCUT2D eigenvalue weighted by Crippen LogP contribution is -2.40. The molecule has 1 aromatic carbocycles. The summed E-state index contributed by atoms with van der Waals surface area (Å²) in [5.74, 6) is 2.56. The summed E-state index contributed by atoms with van der Waals surface area (Å²) >= 11 is 0. The lowest BCUT2D eigenvalue weighted by atomic mass is 10.2. The van der Waals surface area contributed by atoms with E-state index in [2.05, 4.69) is 20.5 Å². The van der Waals surface area contributed by atoms with E-state index in [1.165, 1.54) is 0 Å². The minimum Gasteiger partial charge on any atom is -0.492 e. The fourth-order valence-electron chi connectivity index (χ4n) is 2.36. The van der Waals surface area contributed by atoms with E-state index in [-0.39, 0.29) is 30.0 Å². The van der Waals surface area contributed by atoms with Crippen molar-refractivity contribution in [1.29, 1.82) is 0 Å². The third kappa shape index (κ3) is 7.65. The van der Waals surface area contributed by atoms with Crippen LogP contribution in [0, 0.1) is 0 Å². The summed E-state index contributed by atoms with van der Waals surface area (Å²) in [6.45, 7) is 4.71. The van der Waals surface area contributed by atoms with Crippen molar-refractivity contribution < 1.29 is 9.15 Å². The lowest BCUT2D eigenvalue weighted by molar-refractivity contribution is 0.264. The number of guanidine groups is 1. The van der Waals surface area contributed by atoms with Gasteiger partial charge in [-0.3, -0.25) is 9.89 Å². The van der Waals surface area contributed by atoms with E-state index in [9.17, 15) is 0 Å². The van der Waals surface area contributed by atoms with Gasteiger partial charge in [0.15, 0.2) is 5.96 Å². The summed E-state index contributed by atoms with van der Waals surface area (Å²) in [5, 5.41) is 6.55. The molecule has 0 aliphatic rings. The summed E-state index contributed by atoms with van der Waals surface area (Å²) < 4.78 is 11.2. The van der Waals surface area contributed by atoms with E-state index < -0.39 is 0 Å². The number of benzene rings is 1. The van der Waals surface area contributed by atoms with Gasteiger partial charge >= 0.3 is 0 Å². The number of hydrogen-bond donors (Lipinski definition) is 2. The van der Waals surface area contributed by atoms with Gasteiger partial charge in [-0.25, -0.2) is 0 Å². The maximum Gasteiger partial charge on any atom is 0.191 e. The Morgan fingerprint density at radius 3 is 2.54 bits per heavy atom. The van der Waals surface area contributed by atoms with Crippen LogP contribution in [-0.4, -0.2) is 51.2 Å². The average molecular weight is 472 g/mol. The van der Waals surface area contributed by atoms with Crippen LogP contribution in [0.1, 0.15) is 18.7 Å². The zero-order chi connectivity index (χ0) is 17.9. The Bertz CT molecular complexity index is 618. The monoisotopic (exact) mass is 472 g/mol. The lowest BCUT2D eigenvalue weighted by Gasteiger charge is -2.21. The molecule has 0 spiro atoms. The van der Waals surface area contributed by atoms with Crippen molar-refractivity contribution in [3.63, 3.8) is 0 Å². The molecule has 0 saturated heterocycles. The molecule has 6 nitrogen and oxygen atoms in total. The highest BCUT2D eigenvalue weighted by atomic mass is 127. The quantitative estimate of drug-likeness (QED) is 0.254. The van der Waals surface area contributed by atoms with E-state index in [0.29, 0.717) is 19.7 Å². The highest BCUT2D eigenvalue weighted by Crippen LogP contribution is 2.18. The van der Waals surface area contributed by atoms with E-state index in [4.69, 9.17) is 9.15 Å². The Labute approximate surface area is 173 Å². The van der Waals surface area contributed by atoms with E-state index in [1.54, 1.807) is 6.26 Å². The first-order chi connectivity index (χ1) is 12.2. The van der Waals surface area contributed by atoms with Gasteiger partial charge in [0.2, 0.25) is 0 Å². The highest BCUT2D eigenvalue weighted by Gasteiger charge is 2.16. The topological polar surface area (TPSA) is 62.0 Å². The van der Waals surface area contributed by atoms with Gasteiger partial charge < -0.3 is 19.8 Å². The third-order valence-corrected chi connectivity index (χ3v) is 3.67. The van der Waals surface area contributed by atoms with Crippen molar-refractivity contribution in [2.75, 3.05) is 40.3 Å². The van der Waals surface area contributed by atoms with Crippen LogP contribution in [0.15, 0.2) is 58.1 Å². The highest BCUT2D eigenvalue weighted by molar-refractivity contribution is 14.0. The van der Waals surface area contributed by atoms with Crippen molar-refractivity contribution in [2.24, 2.45) is 4.99 Å². The molecule has 2 N–H and O–H groups in total. The Morgan fingerprint density at radius 1 is 1.15 bits per heavy atom. The molecule has 2 aromatic rings. The van der Waals surface area contributed by atoms with Gasteiger partial charge in [0.1, 0.15) is 18.1 Å². The summed E-state index contributed by atoms with van der Waals surface area (Å²) in [6, 6.07) is 13.8. The Hall–Kier alpha value is -1.74. The van der Waals surface area contributed by atoms with Crippen molar-refractivity contribution >= 4 is 29.9 Å². The Balaban J connectivity index is 0.00000338. The van der Waals surface area contributed by atoms with Crippen LogP contribution < -0.4 is 15.4 Å². The first kappa shape index (κ1) is 22.3. The molecule has 1 unspecified atom stereocenters. The molecule has 0 aliphatic heterocycles. The number of hydrogen-bond acceptors (Lipinski definition) is 4. The summed E-state index contributed by atoms with van der Waals surface area (Å²) in [7, 11) is 4.05. The van der Waals surface area contributed by atoms with E-state index in [0.717, 1.165) is 24.0 Å². The zero-order valence-corrected chi connectivity index (χ0v) is 18.0. The molecule has 0 aliphatic carbocycles. The second-order valence-corrected chi connectivity index (χ2v) is 5.80. The molecule has 1 atom stereocenters. The number of furan rings is 1. The summed E-state index contributed by atoms with van der Waals surface area (Å²) in [6.07, 6.45) is 1.69. The maximum atomic E-state index is 5.69. The van der Waals surface area contributed by atoms with E-state index >= 15 is 0 Å². The van der Waals surface area contributed by atoms with Crippen molar-refractivity contribution in [2.45, 2.75) is 13.0 Å². The first-order valence-electron chi connectivity index (χ1n) is 8.60. The number of nitrogens with one attached hydrogen (secondary N) is 2. The maximum absolute atomic E-state index is 5.69. The number of ether oxygens (including phenoxy) is 1. The third-order valence-electron chi connectivity index (χ3n) is 3.67. The molecule has 26 heavy (non-hydrogen) atoms. The predicted molar refractivity (Wildman–Crippen MR) is 116 cm³/mol. The number of aliphatic imine (C=N–C) groups is 1. The molecule has 1 aromatic heterocycles. The number of likely N-dealkylation sites (N-methyl/N-ethyl adjacent to an activating group) is 1. The number of nitrogens with zero attached hydrogens (tertiary/aromatic N) is 2. The minimum atomic E-state index is 0. The van der Waals surface area contributed by atoms with Crippen LogP contribution in [0.3, 0.4) is 0 Å². The number of halogens is 1. The fourth-order valence-corrected chi connectivity index (χ4v) is 2.36. The number of rotatable bonds is 9. The molecule has 0 radical (unpaired) electrons. The molecule has 1 heterocycles. The second-order valence-electron chi connectivity index (χ2n) is 5.80. The molecule has 7 heteroatoms. The van der Waals surface area contributed by atoms with Crippen LogP contribution in [0.25, 0.3) is 0 Å². The molecule has 0 fully saturated rings. The van der Waals surface area contributed by atoms with Gasteiger partial charge in [0, 0.05) is 6.54 Å². The molecular formula is C19H29IN4O2. The molecule has 0 saturated carbocycles. The Kier molecular flexibility index (Phi) is 10.8. The van der Waals surface area contributed by atoms with Gasteiger partial charge in [-0.05, 0) is 45.3 Å². The first-order valence-corrected chi connectivity index (χ1v) is 8.60. The van der Waals surface area contributed by atoms with Gasteiger partial charge in [-0.15, -0.1) is 24.0 Å². The van der Waals surface area contributed by atoms with Crippen LogP contribution in [0.2, 0.25) is 0 Å². The molecule has 144 valence electrons. The van der Waals surface area contributed by atoms with Crippen LogP contribution in [-0.2, 0) is 0 Å². The van der Waals surface area contributed by atoms with Gasteiger partial charge in [-0.2, -0.15) is 0 Å². The largest absolute Gasteiger partial charge is 0.492 e. The van der Waals surface area contributed by atoms with Crippen LogP contribution in [0.4, 0.5) is 0 Å². The van der Waals surface area contributed by atoms with Crippen LogP contribution >= 0.6 is 24.0 Å². The van der Waals surface area contributed by atoms with E-state index in [1.807, 2.05) is 63.5 Å². The fraction of sp³-hybridized carbons (Fsp3) is 0.421. The standard InChI is InChI=1S/C19H28N4O2.HI/c1-4-20-19(21-12-14-24-16-9-6-5-7-10-16)22-15-17(23(2)3)18-11-8-13-25-18;/h5-11,13,17H,4,12,14-15H2,1-3H3,(H2,20,21,22);1H. The average Bonchev–Trinajstić information content (AvgIpc) is 3.13. The van der Waals surface area contributed by atoms with Gasteiger partial charge in [0.25, 0.3) is 0 Å². The normalized spacial score (nSPS) is 12.4. The van der Waals surface area contributed by atoms with Crippen LogP contribution in [0.5, 0.6) is 5.75 Å². The van der Waals surface area contributed by atoms with Gasteiger partial charge in [0.05, 0.1) is 25.4 Å². The smallest absolute Gasteiger partial charge is 0.191 e. The number of para-hydroxylation sites is 1. The zero-order valence-electron chi connectivity index (χ0n) is 15.6. The van der Waals surface area contributed by atoms with Crippen molar-refractivity contribution in [1.82, 2.24) is 15.5 Å². The second kappa shape index (κ2) is 12.6. The Morgan fingerprint density at radius 2 is 1.92 bits per heavy atom. The molecule has 2 rings (SSSR count). The van der Waals surface area contributed by atoms with Crippen molar-refractivity contribution in [3.05, 3.63) is 54.5 Å². The van der Waals surface area contributed by atoms with Gasteiger partial charge in [-0.1, -0.05) is 18.2 Å². The predicted octanol–water partition coefficient (Wildman–Crippen LogP) is 3.13. The summed E-state index contributed by atoms with van der Waals surface area (Å²) in [5.41, 5.74) is 0. The van der Waals surface area contributed by atoms with Crippen molar-refractivity contribution in [3.8, 4) is 5.75 Å². The SMILES string of the molecule is CCNC(=NCC(c1ccco1)N(C)C)NCCOc1ccccc1.I. The molecule has 0 bridgehead atoms. The minimum absolute atomic E-state index is 0. The molecule has 0 amide bonds.